The molecule has 0 aliphatic heterocycles. The van der Waals surface area contributed by atoms with E-state index >= 15 is 0 Å². The number of ether oxygens (including phenoxy) is 1. The molecular formula is C16H18LiO2P. The molecule has 1 unspecified atom stereocenters. The first-order valence-corrected chi connectivity index (χ1v) is 7.13. The van der Waals surface area contributed by atoms with Crippen LogP contribution < -0.4 is 28.9 Å². The van der Waals surface area contributed by atoms with E-state index in [0.29, 0.717) is 0 Å². The third-order valence-electron chi connectivity index (χ3n) is 3.06. The Morgan fingerprint density at radius 2 is 1.60 bits per heavy atom. The molecule has 1 atom stereocenters. The van der Waals surface area contributed by atoms with Crippen molar-refractivity contribution < 1.29 is 29.8 Å². The first kappa shape index (κ1) is 17.0. The van der Waals surface area contributed by atoms with Crippen molar-refractivity contribution in [1.29, 1.82) is 0 Å². The molecule has 2 rings (SSSR count). The van der Waals surface area contributed by atoms with Gasteiger partial charge in [0.1, 0.15) is 5.75 Å². The van der Waals surface area contributed by atoms with Gasteiger partial charge in [0.25, 0.3) is 0 Å². The number of rotatable bonds is 4. The quantitative estimate of drug-likeness (QED) is 0.605. The van der Waals surface area contributed by atoms with E-state index in [1.54, 1.807) is 7.11 Å². The van der Waals surface area contributed by atoms with Crippen LogP contribution in [0.2, 0.25) is 0 Å². The van der Waals surface area contributed by atoms with Gasteiger partial charge >= 0.3 is 18.9 Å². The molecule has 2 aromatic rings. The van der Waals surface area contributed by atoms with Gasteiger partial charge in [-0.15, -0.1) is 0 Å². The third-order valence-corrected chi connectivity index (χ3v) is 4.16. The van der Waals surface area contributed by atoms with Crippen molar-refractivity contribution in [2.75, 3.05) is 7.11 Å². The number of methoxy groups -OCH3 is 1. The molecule has 0 aliphatic carbocycles. The molecule has 0 aromatic heterocycles. The molecule has 2 nitrogen and oxygen atoms in total. The van der Waals surface area contributed by atoms with Crippen LogP contribution in [0.3, 0.4) is 0 Å². The van der Waals surface area contributed by atoms with Gasteiger partial charge in [0.2, 0.25) is 0 Å². The monoisotopic (exact) mass is 280 g/mol. The van der Waals surface area contributed by atoms with Gasteiger partial charge in [0.15, 0.2) is 5.52 Å². The third kappa shape index (κ3) is 3.97. The van der Waals surface area contributed by atoms with Gasteiger partial charge in [-0.1, -0.05) is 30.3 Å². The normalized spacial score (nSPS) is 10.3. The van der Waals surface area contributed by atoms with E-state index in [2.05, 4.69) is 0 Å². The van der Waals surface area contributed by atoms with Crippen LogP contribution in [-0.4, -0.2) is 12.6 Å². The van der Waals surface area contributed by atoms with Gasteiger partial charge in [0, 0.05) is 5.56 Å². The van der Waals surface area contributed by atoms with Gasteiger partial charge < -0.3 is 6.16 Å². The Balaban J connectivity index is 0.00000200. The Morgan fingerprint density at radius 3 is 2.10 bits per heavy atom. The molecule has 0 bridgehead atoms. The number of carbonyl (C=O) groups excluding carboxylic acids is 1. The number of aryl methyl sites for hydroxylation is 2. The van der Waals surface area contributed by atoms with Crippen molar-refractivity contribution in [2.24, 2.45) is 0 Å². The predicted molar refractivity (Wildman–Crippen MR) is 82.3 cm³/mol. The standard InChI is InChI=1S/C16H17O2P.Li.H/c1-11-5-4-6-12(2)15(11)16(17)19-14-9-7-13(18-3)8-10-14;;/h4-10,19H,1-3H3;;/q;+1;-1. The molecule has 0 heterocycles. The first-order chi connectivity index (χ1) is 9.11. The van der Waals surface area contributed by atoms with E-state index in [-0.39, 0.29) is 34.4 Å². The van der Waals surface area contributed by atoms with E-state index in [1.165, 1.54) is 0 Å². The molecule has 0 N–H and O–H groups in total. The van der Waals surface area contributed by atoms with E-state index in [9.17, 15) is 4.79 Å². The molecular weight excluding hydrogens is 262 g/mol. The number of carbonyl (C=O) groups is 1. The van der Waals surface area contributed by atoms with Crippen molar-refractivity contribution in [3.05, 3.63) is 59.2 Å². The fraction of sp³-hybridized carbons (Fsp3) is 0.188. The average molecular weight is 280 g/mol. The summed E-state index contributed by atoms with van der Waals surface area (Å²) in [5.41, 5.74) is 3.15. The maximum atomic E-state index is 12.4. The second kappa shape index (κ2) is 7.65. The van der Waals surface area contributed by atoms with Crippen LogP contribution in [0.4, 0.5) is 0 Å². The van der Waals surface area contributed by atoms with Gasteiger partial charge in [-0.2, -0.15) is 0 Å². The molecule has 0 amide bonds. The van der Waals surface area contributed by atoms with E-state index in [0.717, 1.165) is 27.7 Å². The topological polar surface area (TPSA) is 26.3 Å². The van der Waals surface area contributed by atoms with Crippen molar-refractivity contribution in [2.45, 2.75) is 13.8 Å². The fourth-order valence-corrected chi connectivity index (χ4v) is 3.16. The molecule has 100 valence electrons. The summed E-state index contributed by atoms with van der Waals surface area (Å²) < 4.78 is 5.12. The summed E-state index contributed by atoms with van der Waals surface area (Å²) in [5, 5.41) is 1.04. The van der Waals surface area contributed by atoms with Crippen LogP contribution >= 0.6 is 8.58 Å². The van der Waals surface area contributed by atoms with Crippen LogP contribution in [0.15, 0.2) is 42.5 Å². The molecule has 0 radical (unpaired) electrons. The molecule has 0 fully saturated rings. The van der Waals surface area contributed by atoms with Gasteiger partial charge in [0.05, 0.1) is 7.11 Å². The molecule has 0 aliphatic rings. The van der Waals surface area contributed by atoms with Crippen molar-refractivity contribution >= 4 is 19.4 Å². The van der Waals surface area contributed by atoms with Crippen molar-refractivity contribution in [3.63, 3.8) is 0 Å². The van der Waals surface area contributed by atoms with Gasteiger partial charge in [-0.3, -0.25) is 4.79 Å². The predicted octanol–water partition coefficient (Wildman–Crippen LogP) is 0.573. The zero-order chi connectivity index (χ0) is 13.8. The largest absolute Gasteiger partial charge is 1.00 e. The second-order valence-corrected chi connectivity index (χ2v) is 5.73. The molecule has 0 saturated carbocycles. The van der Waals surface area contributed by atoms with Crippen LogP contribution in [-0.2, 0) is 0 Å². The molecule has 0 spiro atoms. The fourth-order valence-electron chi connectivity index (χ4n) is 2.04. The maximum absolute atomic E-state index is 12.4. The number of hydrogen-bond acceptors (Lipinski definition) is 2. The second-order valence-electron chi connectivity index (χ2n) is 4.45. The van der Waals surface area contributed by atoms with Gasteiger partial charge in [-0.25, -0.2) is 0 Å². The summed E-state index contributed by atoms with van der Waals surface area (Å²) >= 11 is 0. The summed E-state index contributed by atoms with van der Waals surface area (Å²) in [6.45, 7) is 3.97. The van der Waals surface area contributed by atoms with Crippen molar-refractivity contribution in [3.8, 4) is 5.75 Å². The zero-order valence-corrected chi connectivity index (χ0v) is 13.4. The Labute approximate surface area is 135 Å². The SMILES string of the molecule is COc1ccc(PC(=O)c2c(C)cccc2C)cc1.[H-].[Li+]. The Bertz CT molecular complexity index is 579. The molecule has 2 aromatic carbocycles. The Kier molecular flexibility index (Phi) is 6.50. The van der Waals surface area contributed by atoms with Crippen LogP contribution in [0, 0.1) is 13.8 Å². The Hall–Kier alpha value is -1.06. The van der Waals surface area contributed by atoms with Crippen LogP contribution in [0.5, 0.6) is 5.75 Å². The summed E-state index contributed by atoms with van der Waals surface area (Å²) in [4.78, 5) is 12.4. The minimum Gasteiger partial charge on any atom is -1.00 e. The molecule has 0 saturated heterocycles. The molecule has 20 heavy (non-hydrogen) atoms. The summed E-state index contributed by atoms with van der Waals surface area (Å²) in [6, 6.07) is 13.6. The minimum absolute atomic E-state index is 0. The Morgan fingerprint density at radius 1 is 1.05 bits per heavy atom. The zero-order valence-electron chi connectivity index (χ0n) is 13.4. The maximum Gasteiger partial charge on any atom is 1.00 e. The minimum atomic E-state index is 0. The average Bonchev–Trinajstić information content (AvgIpc) is 2.39. The molecule has 4 heteroatoms. The summed E-state index contributed by atoms with van der Waals surface area (Å²) in [5.74, 6) is 0.813. The van der Waals surface area contributed by atoms with Crippen LogP contribution in [0.1, 0.15) is 22.9 Å². The summed E-state index contributed by atoms with van der Waals surface area (Å²) in [6.07, 6.45) is 0. The van der Waals surface area contributed by atoms with Crippen LogP contribution in [0.25, 0.3) is 0 Å². The first-order valence-electron chi connectivity index (χ1n) is 6.13. The van der Waals surface area contributed by atoms with Crippen molar-refractivity contribution in [1.82, 2.24) is 0 Å². The van der Waals surface area contributed by atoms with E-state index in [4.69, 9.17) is 4.74 Å². The van der Waals surface area contributed by atoms with Gasteiger partial charge in [-0.05, 0) is 51.0 Å². The summed E-state index contributed by atoms with van der Waals surface area (Å²) in [7, 11) is 1.79. The smallest absolute Gasteiger partial charge is 1.00 e. The number of hydrogen-bond donors (Lipinski definition) is 0. The number of benzene rings is 2. The van der Waals surface area contributed by atoms with E-state index in [1.807, 2.05) is 56.3 Å². The van der Waals surface area contributed by atoms with E-state index < -0.39 is 0 Å².